The Labute approximate surface area is 231 Å². The van der Waals surface area contributed by atoms with Gasteiger partial charge in [-0.3, -0.25) is 9.10 Å². The van der Waals surface area contributed by atoms with Gasteiger partial charge in [0.15, 0.2) is 0 Å². The van der Waals surface area contributed by atoms with Crippen molar-refractivity contribution in [2.75, 3.05) is 20.6 Å². The third-order valence-corrected chi connectivity index (χ3v) is 8.20. The topological polar surface area (TPSA) is 138 Å². The van der Waals surface area contributed by atoms with E-state index in [1.165, 1.54) is 34.8 Å². The van der Waals surface area contributed by atoms with Crippen LogP contribution in [0, 0.1) is 6.92 Å². The van der Waals surface area contributed by atoms with Gasteiger partial charge < -0.3 is 5.32 Å². The number of carbonyl (C=O) groups excluding carboxylic acids is 1. The largest absolute Gasteiger partial charge is 0.322 e. The number of benzene rings is 3. The lowest BCUT2D eigenvalue weighted by atomic mass is 10.1. The predicted octanol–water partition coefficient (Wildman–Crippen LogP) is 4.46. The van der Waals surface area contributed by atoms with Crippen molar-refractivity contribution >= 4 is 54.9 Å². The SMILES string of the molecule is Cc1ccnc(NS(=O)(=O)c2ccc(NC(=O)c3ccc(CN(c4cccc(Cl)c4)S(C)(=O)=O)cc3)cc2)n1. The van der Waals surface area contributed by atoms with E-state index in [0.717, 1.165) is 6.26 Å². The molecule has 0 aliphatic carbocycles. The van der Waals surface area contributed by atoms with Crippen molar-refractivity contribution in [1.29, 1.82) is 0 Å². The van der Waals surface area contributed by atoms with Crippen LogP contribution in [0.4, 0.5) is 17.3 Å². The van der Waals surface area contributed by atoms with Gasteiger partial charge in [0, 0.05) is 28.2 Å². The number of hydrogen-bond donors (Lipinski definition) is 2. The molecular weight excluding hydrogens is 562 g/mol. The number of halogens is 1. The molecule has 0 unspecified atom stereocenters. The number of nitrogens with one attached hydrogen (secondary N) is 2. The molecule has 10 nitrogen and oxygen atoms in total. The Morgan fingerprint density at radius 1 is 0.949 bits per heavy atom. The molecule has 2 N–H and O–H groups in total. The van der Waals surface area contributed by atoms with E-state index < -0.39 is 26.0 Å². The van der Waals surface area contributed by atoms with Gasteiger partial charge in [-0.05, 0) is 73.2 Å². The summed E-state index contributed by atoms with van der Waals surface area (Å²) in [5, 5.41) is 3.12. The van der Waals surface area contributed by atoms with Crippen LogP contribution < -0.4 is 14.3 Å². The van der Waals surface area contributed by atoms with E-state index in [0.29, 0.717) is 33.2 Å². The molecule has 0 spiro atoms. The summed E-state index contributed by atoms with van der Waals surface area (Å²) in [4.78, 5) is 20.6. The number of nitrogens with zero attached hydrogens (tertiary/aromatic N) is 3. The molecule has 39 heavy (non-hydrogen) atoms. The first-order valence-electron chi connectivity index (χ1n) is 11.5. The van der Waals surface area contributed by atoms with Gasteiger partial charge in [0.2, 0.25) is 16.0 Å². The first-order valence-corrected chi connectivity index (χ1v) is 15.2. The first kappa shape index (κ1) is 28.0. The molecule has 4 aromatic rings. The van der Waals surface area contributed by atoms with Crippen molar-refractivity contribution in [2.45, 2.75) is 18.4 Å². The molecule has 0 aliphatic heterocycles. The molecule has 0 radical (unpaired) electrons. The minimum absolute atomic E-state index is 0.0231. The van der Waals surface area contributed by atoms with Gasteiger partial charge in [-0.25, -0.2) is 31.5 Å². The average Bonchev–Trinajstić information content (AvgIpc) is 2.87. The maximum Gasteiger partial charge on any atom is 0.264 e. The molecule has 13 heteroatoms. The zero-order valence-electron chi connectivity index (χ0n) is 20.9. The monoisotopic (exact) mass is 585 g/mol. The van der Waals surface area contributed by atoms with Crippen molar-refractivity contribution < 1.29 is 21.6 Å². The number of aryl methyl sites for hydroxylation is 1. The van der Waals surface area contributed by atoms with Crippen LogP contribution in [-0.4, -0.2) is 39.0 Å². The summed E-state index contributed by atoms with van der Waals surface area (Å²) >= 11 is 6.03. The molecule has 1 heterocycles. The molecule has 0 saturated heterocycles. The van der Waals surface area contributed by atoms with Crippen LogP contribution in [0.2, 0.25) is 5.02 Å². The lowest BCUT2D eigenvalue weighted by molar-refractivity contribution is 0.102. The average molecular weight is 586 g/mol. The van der Waals surface area contributed by atoms with E-state index in [1.807, 2.05) is 0 Å². The molecule has 0 fully saturated rings. The molecule has 3 aromatic carbocycles. The van der Waals surface area contributed by atoms with Crippen molar-refractivity contribution in [3.05, 3.63) is 107 Å². The van der Waals surface area contributed by atoms with Gasteiger partial charge >= 0.3 is 0 Å². The van der Waals surface area contributed by atoms with Gasteiger partial charge in [0.1, 0.15) is 0 Å². The second-order valence-corrected chi connectivity index (χ2v) is 12.6. The number of anilines is 3. The fraction of sp³-hybridized carbons (Fsp3) is 0.115. The van der Waals surface area contributed by atoms with Crippen LogP contribution in [0.1, 0.15) is 21.6 Å². The summed E-state index contributed by atoms with van der Waals surface area (Å²) in [5.74, 6) is -0.457. The second-order valence-electron chi connectivity index (χ2n) is 8.55. The van der Waals surface area contributed by atoms with Crippen molar-refractivity contribution in [3.8, 4) is 0 Å². The van der Waals surface area contributed by atoms with E-state index in [9.17, 15) is 21.6 Å². The van der Waals surface area contributed by atoms with Gasteiger partial charge in [-0.1, -0.05) is 29.8 Å². The fourth-order valence-corrected chi connectivity index (χ4v) is 5.57. The lowest BCUT2D eigenvalue weighted by Gasteiger charge is -2.22. The van der Waals surface area contributed by atoms with Crippen LogP contribution in [0.5, 0.6) is 0 Å². The van der Waals surface area contributed by atoms with Gasteiger partial charge in [0.05, 0.1) is 23.4 Å². The zero-order chi connectivity index (χ0) is 28.2. The minimum atomic E-state index is -3.92. The quantitative estimate of drug-likeness (QED) is 0.296. The summed E-state index contributed by atoms with van der Waals surface area (Å²) in [6.45, 7) is 1.77. The Kier molecular flexibility index (Phi) is 8.19. The van der Waals surface area contributed by atoms with E-state index in [-0.39, 0.29) is 17.4 Å². The summed E-state index contributed by atoms with van der Waals surface area (Å²) in [5.41, 5.74) is 2.43. The Bertz CT molecular complexity index is 1710. The van der Waals surface area contributed by atoms with E-state index in [4.69, 9.17) is 11.6 Å². The van der Waals surface area contributed by atoms with E-state index in [1.54, 1.807) is 61.5 Å². The molecule has 0 saturated carbocycles. The third-order valence-electron chi connectivity index (χ3n) is 5.48. The smallest absolute Gasteiger partial charge is 0.264 e. The number of amides is 1. The summed E-state index contributed by atoms with van der Waals surface area (Å²) in [6, 6.07) is 20.3. The van der Waals surface area contributed by atoms with Crippen molar-refractivity contribution in [2.24, 2.45) is 0 Å². The molecule has 0 atom stereocenters. The van der Waals surface area contributed by atoms with Gasteiger partial charge in [-0.2, -0.15) is 0 Å². The highest BCUT2D eigenvalue weighted by molar-refractivity contribution is 7.92. The summed E-state index contributed by atoms with van der Waals surface area (Å²) < 4.78 is 53.6. The number of rotatable bonds is 9. The molecule has 0 bridgehead atoms. The first-order chi connectivity index (χ1) is 18.4. The highest BCUT2D eigenvalue weighted by atomic mass is 35.5. The maximum absolute atomic E-state index is 12.7. The maximum atomic E-state index is 12.7. The molecule has 1 aromatic heterocycles. The molecule has 1 amide bonds. The predicted molar refractivity (Wildman–Crippen MR) is 151 cm³/mol. The molecule has 202 valence electrons. The number of carbonyl (C=O) groups is 1. The van der Waals surface area contributed by atoms with Gasteiger partial charge in [-0.15, -0.1) is 0 Å². The van der Waals surface area contributed by atoms with Crippen LogP contribution in [0.3, 0.4) is 0 Å². The van der Waals surface area contributed by atoms with Crippen molar-refractivity contribution in [3.63, 3.8) is 0 Å². The zero-order valence-corrected chi connectivity index (χ0v) is 23.3. The third kappa shape index (κ3) is 7.31. The van der Waals surface area contributed by atoms with Crippen LogP contribution in [0.15, 0.2) is 90.0 Å². The summed E-state index contributed by atoms with van der Waals surface area (Å²) in [6.07, 6.45) is 2.56. The minimum Gasteiger partial charge on any atom is -0.322 e. The Hall–Kier alpha value is -4.00. The second kappa shape index (κ2) is 11.4. The van der Waals surface area contributed by atoms with Gasteiger partial charge in [0.25, 0.3) is 15.9 Å². The van der Waals surface area contributed by atoms with Crippen LogP contribution in [-0.2, 0) is 26.6 Å². The van der Waals surface area contributed by atoms with Crippen LogP contribution >= 0.6 is 11.6 Å². The Balaban J connectivity index is 1.42. The molecule has 0 aliphatic rings. The number of aromatic nitrogens is 2. The fourth-order valence-electron chi connectivity index (χ4n) is 3.56. The highest BCUT2D eigenvalue weighted by Crippen LogP contribution is 2.24. The molecule has 4 rings (SSSR count). The number of hydrogen-bond acceptors (Lipinski definition) is 7. The standard InChI is InChI=1S/C26H24ClN5O5S2/c1-18-14-15-28-26(29-18)31-39(36,37)24-12-10-22(11-13-24)30-25(33)20-8-6-19(7-9-20)17-32(38(2,34)35)23-5-3-4-21(27)16-23/h3-16H,17H2,1-2H3,(H,30,33)(H,28,29,31). The van der Waals surface area contributed by atoms with E-state index in [2.05, 4.69) is 20.0 Å². The van der Waals surface area contributed by atoms with Crippen LogP contribution in [0.25, 0.3) is 0 Å². The highest BCUT2D eigenvalue weighted by Gasteiger charge is 2.19. The normalized spacial score (nSPS) is 11.6. The number of sulfonamides is 2. The Morgan fingerprint density at radius 3 is 2.26 bits per heavy atom. The Morgan fingerprint density at radius 2 is 1.64 bits per heavy atom. The lowest BCUT2D eigenvalue weighted by Crippen LogP contribution is -2.29. The summed E-state index contributed by atoms with van der Waals surface area (Å²) in [7, 11) is -7.51. The molecular formula is C26H24ClN5O5S2. The van der Waals surface area contributed by atoms with Crippen molar-refractivity contribution in [1.82, 2.24) is 9.97 Å². The van der Waals surface area contributed by atoms with E-state index >= 15 is 0 Å².